The topological polar surface area (TPSA) is 24.1 Å². The molecule has 0 aromatic heterocycles. The van der Waals surface area contributed by atoms with Crippen molar-refractivity contribution in [2.45, 2.75) is 6.42 Å². The third-order valence-electron chi connectivity index (χ3n) is 1.49. The lowest BCUT2D eigenvalue weighted by atomic mass is 10.3. The van der Waals surface area contributed by atoms with Gasteiger partial charge in [-0.05, 0) is 12.1 Å². The number of para-hydroxylation sites is 2. The van der Waals surface area contributed by atoms with E-state index in [4.69, 9.17) is 0 Å². The number of halogens is 1. The van der Waals surface area contributed by atoms with Gasteiger partial charge < -0.3 is 10.6 Å². The van der Waals surface area contributed by atoms with Gasteiger partial charge in [0, 0.05) is 0 Å². The largest absolute Gasteiger partial charge is 0.337 e. The summed E-state index contributed by atoms with van der Waals surface area (Å²) < 4.78 is 12.5. The predicted octanol–water partition coefficient (Wildman–Crippen LogP) is 1.78. The highest BCUT2D eigenvalue weighted by Crippen LogP contribution is 2.27. The monoisotopic (exact) mass is 138 g/mol. The zero-order valence-corrected chi connectivity index (χ0v) is 5.26. The van der Waals surface area contributed by atoms with Crippen LogP contribution in [0.25, 0.3) is 0 Å². The van der Waals surface area contributed by atoms with E-state index in [0.717, 1.165) is 11.4 Å². The third-order valence-corrected chi connectivity index (χ3v) is 1.49. The first-order valence-corrected chi connectivity index (χ1v) is 3.12. The summed E-state index contributed by atoms with van der Waals surface area (Å²) in [5.41, 5.74) is 1.66. The lowest BCUT2D eigenvalue weighted by Crippen LogP contribution is -2.14. The third kappa shape index (κ3) is 0.708. The Labute approximate surface area is 58.1 Å². The number of hydrogen-bond donors (Lipinski definition) is 2. The second-order valence-corrected chi connectivity index (χ2v) is 2.20. The first-order valence-electron chi connectivity index (χ1n) is 3.12. The van der Waals surface area contributed by atoms with Crippen LogP contribution in [0.1, 0.15) is 0 Å². The molecule has 1 aromatic rings. The molecule has 0 aliphatic carbocycles. The second-order valence-electron chi connectivity index (χ2n) is 2.20. The lowest BCUT2D eigenvalue weighted by Gasteiger charge is -1.96. The predicted molar refractivity (Wildman–Crippen MR) is 38.6 cm³/mol. The van der Waals surface area contributed by atoms with Crippen LogP contribution in [0, 0.1) is 0 Å². The van der Waals surface area contributed by atoms with Gasteiger partial charge >= 0.3 is 0 Å². The summed E-state index contributed by atoms with van der Waals surface area (Å²) in [7, 11) is 0. The highest BCUT2D eigenvalue weighted by molar-refractivity contribution is 5.73. The van der Waals surface area contributed by atoms with Crippen LogP contribution in [0.15, 0.2) is 24.3 Å². The number of nitrogens with one attached hydrogen (secondary N) is 2. The molecule has 0 unspecified atom stereocenters. The molecule has 0 amide bonds. The van der Waals surface area contributed by atoms with Crippen molar-refractivity contribution in [1.29, 1.82) is 0 Å². The van der Waals surface area contributed by atoms with E-state index in [1.165, 1.54) is 0 Å². The average Bonchev–Trinajstić information content (AvgIpc) is 2.27. The van der Waals surface area contributed by atoms with Crippen LogP contribution < -0.4 is 10.6 Å². The minimum absolute atomic E-state index is 0.829. The molecule has 10 heavy (non-hydrogen) atoms. The van der Waals surface area contributed by atoms with Crippen molar-refractivity contribution >= 4 is 11.4 Å². The zero-order valence-electron chi connectivity index (χ0n) is 5.26. The van der Waals surface area contributed by atoms with E-state index in [9.17, 15) is 4.39 Å². The SMILES string of the molecule is FC1Nc2ccccc2N1. The molecule has 0 spiro atoms. The van der Waals surface area contributed by atoms with E-state index < -0.39 is 6.42 Å². The number of fused-ring (bicyclic) bond motifs is 1. The fourth-order valence-corrected chi connectivity index (χ4v) is 1.04. The van der Waals surface area contributed by atoms with Crippen LogP contribution in [0.5, 0.6) is 0 Å². The molecule has 0 atom stereocenters. The molecule has 1 aliphatic rings. The normalized spacial score (nSPS) is 15.7. The van der Waals surface area contributed by atoms with Crippen molar-refractivity contribution in [3.05, 3.63) is 24.3 Å². The number of rotatable bonds is 0. The van der Waals surface area contributed by atoms with E-state index >= 15 is 0 Å². The van der Waals surface area contributed by atoms with Crippen LogP contribution in [-0.2, 0) is 0 Å². The van der Waals surface area contributed by atoms with Gasteiger partial charge in [-0.15, -0.1) is 0 Å². The van der Waals surface area contributed by atoms with Crippen molar-refractivity contribution < 1.29 is 4.39 Å². The lowest BCUT2D eigenvalue weighted by molar-refractivity contribution is 0.422. The maximum absolute atomic E-state index is 12.5. The Morgan fingerprint density at radius 3 is 2.10 bits per heavy atom. The van der Waals surface area contributed by atoms with Crippen molar-refractivity contribution in [3.8, 4) is 0 Å². The molecule has 0 radical (unpaired) electrons. The van der Waals surface area contributed by atoms with Crippen molar-refractivity contribution in [2.75, 3.05) is 10.6 Å². The second kappa shape index (κ2) is 1.87. The molecule has 0 saturated carbocycles. The van der Waals surface area contributed by atoms with Crippen molar-refractivity contribution in [1.82, 2.24) is 0 Å². The number of anilines is 2. The standard InChI is InChI=1S/C7H7FN2/c8-7-9-5-3-1-2-4-6(5)10-7/h1-4,7,9-10H. The molecule has 52 valence electrons. The van der Waals surface area contributed by atoms with Gasteiger partial charge in [0.25, 0.3) is 0 Å². The molecule has 2 rings (SSSR count). The van der Waals surface area contributed by atoms with E-state index in [1.807, 2.05) is 24.3 Å². The summed E-state index contributed by atoms with van der Waals surface area (Å²) in [6.45, 7) is 0. The maximum Gasteiger partial charge on any atom is 0.245 e. The van der Waals surface area contributed by atoms with Gasteiger partial charge in [-0.3, -0.25) is 0 Å². The van der Waals surface area contributed by atoms with Crippen LogP contribution >= 0.6 is 0 Å². The summed E-state index contributed by atoms with van der Waals surface area (Å²) in [6, 6.07) is 7.40. The molecular formula is C7H7FN2. The van der Waals surface area contributed by atoms with Gasteiger partial charge in [0.15, 0.2) is 0 Å². The zero-order chi connectivity index (χ0) is 6.97. The van der Waals surface area contributed by atoms with Crippen LogP contribution in [-0.4, -0.2) is 6.42 Å². The molecule has 0 bridgehead atoms. The summed E-state index contributed by atoms with van der Waals surface area (Å²) in [6.07, 6.45) is -1.13. The Bertz CT molecular complexity index is 224. The minimum atomic E-state index is -1.13. The Morgan fingerprint density at radius 2 is 1.60 bits per heavy atom. The quantitative estimate of drug-likeness (QED) is 0.534. The highest BCUT2D eigenvalue weighted by atomic mass is 19.1. The van der Waals surface area contributed by atoms with Gasteiger partial charge in [-0.1, -0.05) is 12.1 Å². The van der Waals surface area contributed by atoms with Crippen molar-refractivity contribution in [3.63, 3.8) is 0 Å². The average molecular weight is 138 g/mol. The minimum Gasteiger partial charge on any atom is -0.337 e. The van der Waals surface area contributed by atoms with Gasteiger partial charge in [0.2, 0.25) is 6.42 Å². The van der Waals surface area contributed by atoms with Crippen molar-refractivity contribution in [2.24, 2.45) is 0 Å². The molecular weight excluding hydrogens is 131 g/mol. The molecule has 1 heterocycles. The molecule has 2 nitrogen and oxygen atoms in total. The summed E-state index contributed by atoms with van der Waals surface area (Å²) in [5.74, 6) is 0. The number of hydrogen-bond acceptors (Lipinski definition) is 2. The van der Waals surface area contributed by atoms with E-state index in [2.05, 4.69) is 10.6 Å². The van der Waals surface area contributed by atoms with Gasteiger partial charge in [-0.2, -0.15) is 4.39 Å². The molecule has 1 aliphatic heterocycles. The fourth-order valence-electron chi connectivity index (χ4n) is 1.04. The Kier molecular flexibility index (Phi) is 1.03. The maximum atomic E-state index is 12.5. The molecule has 0 fully saturated rings. The molecule has 3 heteroatoms. The summed E-state index contributed by atoms with van der Waals surface area (Å²) >= 11 is 0. The Morgan fingerprint density at radius 1 is 1.10 bits per heavy atom. The van der Waals surface area contributed by atoms with Gasteiger partial charge in [-0.25, -0.2) is 0 Å². The first-order chi connectivity index (χ1) is 4.86. The summed E-state index contributed by atoms with van der Waals surface area (Å²) in [4.78, 5) is 0. The van der Waals surface area contributed by atoms with E-state index in [0.29, 0.717) is 0 Å². The van der Waals surface area contributed by atoms with Gasteiger partial charge in [0.1, 0.15) is 0 Å². The Balaban J connectivity index is 2.42. The molecule has 2 N–H and O–H groups in total. The van der Waals surface area contributed by atoms with E-state index in [-0.39, 0.29) is 0 Å². The summed E-state index contributed by atoms with van der Waals surface area (Å²) in [5, 5.41) is 5.24. The molecule has 1 aromatic carbocycles. The number of benzene rings is 1. The molecule has 0 saturated heterocycles. The Hall–Kier alpha value is -1.25. The fraction of sp³-hybridized carbons (Fsp3) is 0.143. The highest BCUT2D eigenvalue weighted by Gasteiger charge is 2.15. The smallest absolute Gasteiger partial charge is 0.245 e. The van der Waals surface area contributed by atoms with Crippen LogP contribution in [0.3, 0.4) is 0 Å². The van der Waals surface area contributed by atoms with E-state index in [1.54, 1.807) is 0 Å². The van der Waals surface area contributed by atoms with Gasteiger partial charge in [0.05, 0.1) is 11.4 Å². The van der Waals surface area contributed by atoms with Crippen LogP contribution in [0.2, 0.25) is 0 Å². The van der Waals surface area contributed by atoms with Crippen LogP contribution in [0.4, 0.5) is 15.8 Å². The first kappa shape index (κ1) is 5.53. The number of alkyl halides is 1.